The molecule has 1 aliphatic heterocycles. The standard InChI is InChI=1S/C23H25N3O4/c1-24-23(30)21(28)18(14-16-8-4-2-5-9-16)25-22(29)19-12-13-20(27)26(19)15-17-10-6-3-7-11-17/h2-11,18-19H,12-15H2,1H3,(H,24,30)(H,25,29)/t18?,19-/m1/s1. The minimum absolute atomic E-state index is 0.101. The number of likely N-dealkylation sites (N-methyl/N-ethyl adjacent to an activating group) is 1. The molecule has 7 nitrogen and oxygen atoms in total. The highest BCUT2D eigenvalue weighted by molar-refractivity contribution is 6.38. The number of nitrogens with zero attached hydrogens (tertiary/aromatic N) is 1. The van der Waals surface area contributed by atoms with Crippen molar-refractivity contribution in [2.24, 2.45) is 0 Å². The average Bonchev–Trinajstić information content (AvgIpc) is 3.13. The number of nitrogens with one attached hydrogen (secondary N) is 2. The van der Waals surface area contributed by atoms with Gasteiger partial charge in [-0.1, -0.05) is 60.7 Å². The molecular weight excluding hydrogens is 382 g/mol. The number of benzene rings is 2. The Hall–Kier alpha value is -3.48. The van der Waals surface area contributed by atoms with Crippen LogP contribution >= 0.6 is 0 Å². The van der Waals surface area contributed by atoms with Gasteiger partial charge in [-0.2, -0.15) is 0 Å². The van der Waals surface area contributed by atoms with Crippen molar-refractivity contribution in [3.05, 3.63) is 71.8 Å². The Morgan fingerprint density at radius 3 is 2.20 bits per heavy atom. The van der Waals surface area contributed by atoms with Crippen molar-refractivity contribution in [2.45, 2.75) is 37.9 Å². The number of likely N-dealkylation sites (tertiary alicyclic amines) is 1. The quantitative estimate of drug-likeness (QED) is 0.643. The van der Waals surface area contributed by atoms with Gasteiger partial charge in [-0.05, 0) is 17.5 Å². The zero-order valence-electron chi connectivity index (χ0n) is 16.8. The molecule has 1 aliphatic rings. The maximum absolute atomic E-state index is 13.0. The van der Waals surface area contributed by atoms with Crippen molar-refractivity contribution in [3.63, 3.8) is 0 Å². The van der Waals surface area contributed by atoms with Crippen LogP contribution in [0.1, 0.15) is 24.0 Å². The molecule has 0 spiro atoms. The van der Waals surface area contributed by atoms with Crippen LogP contribution in [0.5, 0.6) is 0 Å². The van der Waals surface area contributed by atoms with E-state index in [-0.39, 0.29) is 18.7 Å². The Bertz CT molecular complexity index is 915. The van der Waals surface area contributed by atoms with E-state index in [0.717, 1.165) is 11.1 Å². The van der Waals surface area contributed by atoms with E-state index in [1.807, 2.05) is 60.7 Å². The summed E-state index contributed by atoms with van der Waals surface area (Å²) in [5, 5.41) is 5.03. The molecule has 0 radical (unpaired) electrons. The maximum atomic E-state index is 13.0. The lowest BCUT2D eigenvalue weighted by Gasteiger charge is -2.26. The number of hydrogen-bond acceptors (Lipinski definition) is 4. The molecule has 30 heavy (non-hydrogen) atoms. The van der Waals surface area contributed by atoms with E-state index in [1.54, 1.807) is 0 Å². The van der Waals surface area contributed by atoms with E-state index in [1.165, 1.54) is 11.9 Å². The fourth-order valence-corrected chi connectivity index (χ4v) is 3.59. The van der Waals surface area contributed by atoms with E-state index in [2.05, 4.69) is 10.6 Å². The predicted molar refractivity (Wildman–Crippen MR) is 111 cm³/mol. The molecule has 7 heteroatoms. The average molecular weight is 407 g/mol. The summed E-state index contributed by atoms with van der Waals surface area (Å²) in [5.41, 5.74) is 1.75. The van der Waals surface area contributed by atoms with Crippen molar-refractivity contribution >= 4 is 23.5 Å². The lowest BCUT2D eigenvalue weighted by Crippen LogP contribution is -2.53. The van der Waals surface area contributed by atoms with Gasteiger partial charge >= 0.3 is 0 Å². The van der Waals surface area contributed by atoms with Gasteiger partial charge in [0, 0.05) is 26.4 Å². The van der Waals surface area contributed by atoms with E-state index >= 15 is 0 Å². The van der Waals surface area contributed by atoms with Gasteiger partial charge in [0.15, 0.2) is 0 Å². The molecular formula is C23H25N3O4. The molecule has 0 aliphatic carbocycles. The Balaban J connectivity index is 1.75. The molecule has 2 aromatic carbocycles. The molecule has 1 saturated heterocycles. The number of rotatable bonds is 8. The third-order valence-electron chi connectivity index (χ3n) is 5.19. The van der Waals surface area contributed by atoms with Crippen LogP contribution in [0.25, 0.3) is 0 Å². The smallest absolute Gasteiger partial charge is 0.289 e. The molecule has 0 saturated carbocycles. The SMILES string of the molecule is CNC(=O)C(=O)C(Cc1ccccc1)NC(=O)[C@H]1CCC(=O)N1Cc1ccccc1. The topological polar surface area (TPSA) is 95.6 Å². The van der Waals surface area contributed by atoms with Crippen LogP contribution in [0.15, 0.2) is 60.7 Å². The molecule has 2 atom stereocenters. The summed E-state index contributed by atoms with van der Waals surface area (Å²) in [4.78, 5) is 51.4. The summed E-state index contributed by atoms with van der Waals surface area (Å²) in [5.74, 6) is -2.00. The lowest BCUT2D eigenvalue weighted by atomic mass is 10.0. The van der Waals surface area contributed by atoms with Gasteiger partial charge in [-0.15, -0.1) is 0 Å². The first-order chi connectivity index (χ1) is 14.5. The van der Waals surface area contributed by atoms with Crippen LogP contribution in [0.2, 0.25) is 0 Å². The van der Waals surface area contributed by atoms with E-state index in [4.69, 9.17) is 0 Å². The van der Waals surface area contributed by atoms with E-state index < -0.39 is 29.7 Å². The summed E-state index contributed by atoms with van der Waals surface area (Å²) >= 11 is 0. The van der Waals surface area contributed by atoms with Crippen LogP contribution in [0.4, 0.5) is 0 Å². The second-order valence-corrected chi connectivity index (χ2v) is 7.26. The first kappa shape index (κ1) is 21.2. The summed E-state index contributed by atoms with van der Waals surface area (Å²) in [7, 11) is 1.37. The molecule has 156 valence electrons. The van der Waals surface area contributed by atoms with Crippen molar-refractivity contribution in [2.75, 3.05) is 7.05 Å². The van der Waals surface area contributed by atoms with Crippen molar-refractivity contribution in [1.82, 2.24) is 15.5 Å². The molecule has 1 unspecified atom stereocenters. The molecule has 0 aromatic heterocycles. The number of carbonyl (C=O) groups is 4. The van der Waals surface area contributed by atoms with E-state index in [0.29, 0.717) is 13.0 Å². The first-order valence-electron chi connectivity index (χ1n) is 9.93. The van der Waals surface area contributed by atoms with Gasteiger partial charge < -0.3 is 15.5 Å². The Labute approximate surface area is 175 Å². The zero-order chi connectivity index (χ0) is 21.5. The molecule has 0 bridgehead atoms. The van der Waals surface area contributed by atoms with Crippen LogP contribution in [0, 0.1) is 0 Å². The fraction of sp³-hybridized carbons (Fsp3) is 0.304. The first-order valence-corrected chi connectivity index (χ1v) is 9.93. The van der Waals surface area contributed by atoms with Crippen LogP contribution < -0.4 is 10.6 Å². The van der Waals surface area contributed by atoms with Crippen molar-refractivity contribution in [3.8, 4) is 0 Å². The second-order valence-electron chi connectivity index (χ2n) is 7.26. The van der Waals surface area contributed by atoms with Crippen LogP contribution in [0.3, 0.4) is 0 Å². The molecule has 1 heterocycles. The summed E-state index contributed by atoms with van der Waals surface area (Å²) < 4.78 is 0. The Morgan fingerprint density at radius 2 is 1.60 bits per heavy atom. The molecule has 3 amide bonds. The van der Waals surface area contributed by atoms with Gasteiger partial charge in [-0.25, -0.2) is 0 Å². The minimum atomic E-state index is -1.01. The highest BCUT2D eigenvalue weighted by Gasteiger charge is 2.38. The number of ketones is 1. The second kappa shape index (κ2) is 9.82. The molecule has 3 rings (SSSR count). The maximum Gasteiger partial charge on any atom is 0.289 e. The summed E-state index contributed by atoms with van der Waals surface area (Å²) in [6, 6.07) is 16.9. The number of hydrogen-bond donors (Lipinski definition) is 2. The highest BCUT2D eigenvalue weighted by atomic mass is 16.2. The van der Waals surface area contributed by atoms with Gasteiger partial charge in [0.25, 0.3) is 5.91 Å². The summed E-state index contributed by atoms with van der Waals surface area (Å²) in [6.45, 7) is 0.324. The largest absolute Gasteiger partial charge is 0.353 e. The third kappa shape index (κ3) is 5.11. The third-order valence-corrected chi connectivity index (χ3v) is 5.19. The number of carbonyl (C=O) groups excluding carboxylic acids is 4. The highest BCUT2D eigenvalue weighted by Crippen LogP contribution is 2.22. The van der Waals surface area contributed by atoms with Gasteiger partial charge in [0.05, 0.1) is 0 Å². The fourth-order valence-electron chi connectivity index (χ4n) is 3.59. The monoisotopic (exact) mass is 407 g/mol. The zero-order valence-corrected chi connectivity index (χ0v) is 16.8. The lowest BCUT2D eigenvalue weighted by molar-refractivity contribution is -0.141. The van der Waals surface area contributed by atoms with Crippen molar-refractivity contribution < 1.29 is 19.2 Å². The minimum Gasteiger partial charge on any atom is -0.353 e. The van der Waals surface area contributed by atoms with Crippen molar-refractivity contribution in [1.29, 1.82) is 0 Å². The Kier molecular flexibility index (Phi) is 6.95. The van der Waals surface area contributed by atoms with E-state index in [9.17, 15) is 19.2 Å². The summed E-state index contributed by atoms with van der Waals surface area (Å²) in [6.07, 6.45) is 0.847. The van der Waals surface area contributed by atoms with Crippen LogP contribution in [-0.4, -0.2) is 47.5 Å². The van der Waals surface area contributed by atoms with Gasteiger partial charge in [0.1, 0.15) is 12.1 Å². The molecule has 1 fully saturated rings. The normalized spacial score (nSPS) is 16.8. The van der Waals surface area contributed by atoms with Gasteiger partial charge in [-0.3, -0.25) is 19.2 Å². The van der Waals surface area contributed by atoms with Crippen LogP contribution in [-0.2, 0) is 32.1 Å². The predicted octanol–water partition coefficient (Wildman–Crippen LogP) is 1.22. The molecule has 2 N–H and O–H groups in total. The number of amides is 3. The Morgan fingerprint density at radius 1 is 1.00 bits per heavy atom. The number of Topliss-reactive ketones (excluding diaryl/α,β-unsaturated/α-hetero) is 1. The molecule has 2 aromatic rings. The van der Waals surface area contributed by atoms with Gasteiger partial charge in [0.2, 0.25) is 17.6 Å².